The molecule has 0 amide bonds. The van der Waals surface area contributed by atoms with E-state index in [1.54, 1.807) is 37.4 Å². The number of ether oxygens (including phenoxy) is 1. The Hall–Kier alpha value is -5.23. The molecule has 0 bridgehead atoms. The Morgan fingerprint density at radius 3 is 1.78 bits per heavy atom. The molecule has 0 unspecified atom stereocenters. The van der Waals surface area contributed by atoms with E-state index >= 15 is 0 Å². The normalized spacial score (nSPS) is 10.8. The van der Waals surface area contributed by atoms with Crippen molar-refractivity contribution in [3.8, 4) is 17.0 Å². The van der Waals surface area contributed by atoms with E-state index < -0.39 is 7.12 Å². The smallest absolute Gasteiger partial charge is 0.489 e. The molecule has 8 rings (SSSR count). The molecule has 0 aliphatic heterocycles. The molecular weight excluding hydrogens is 706 g/mol. The Labute approximate surface area is 308 Å². The minimum Gasteiger partial charge on any atom is -0.496 e. The van der Waals surface area contributed by atoms with Crippen molar-refractivity contribution >= 4 is 103 Å². The second-order valence-electron chi connectivity index (χ2n) is 11.4. The van der Waals surface area contributed by atoms with Gasteiger partial charge in [-0.05, 0) is 76.4 Å². The van der Waals surface area contributed by atoms with E-state index in [2.05, 4.69) is 15.0 Å². The molecule has 2 aromatic heterocycles. The lowest BCUT2D eigenvalue weighted by Crippen LogP contribution is -2.32. The number of aryl methyl sites for hydroxylation is 1. The Morgan fingerprint density at radius 2 is 1.16 bits per heavy atom. The Bertz CT molecular complexity index is 2560. The monoisotopic (exact) mass is 734 g/mol. The van der Waals surface area contributed by atoms with Gasteiger partial charge in [0.05, 0.1) is 34.7 Å². The highest BCUT2D eigenvalue weighted by molar-refractivity contribution is 6.62. The first kappa shape index (κ1) is 35.6. The van der Waals surface area contributed by atoms with Crippen LogP contribution in [0.1, 0.15) is 5.56 Å². The lowest BCUT2D eigenvalue weighted by molar-refractivity contribution is 0.417. The lowest BCUT2D eigenvalue weighted by atomic mass is 9.74. The van der Waals surface area contributed by atoms with Crippen LogP contribution < -0.4 is 21.7 Å². The number of rotatable bonds is 3. The fourth-order valence-corrected chi connectivity index (χ4v) is 6.12. The number of benzene rings is 6. The van der Waals surface area contributed by atoms with E-state index in [-0.39, 0.29) is 11.0 Å². The van der Waals surface area contributed by atoms with Gasteiger partial charge in [0.2, 0.25) is 0 Å². The third-order valence-electron chi connectivity index (χ3n) is 8.06. The number of anilines is 2. The summed E-state index contributed by atoms with van der Waals surface area (Å²) in [5.74, 6) is 1.28. The topological polar surface area (TPSA) is 153 Å². The molecule has 8 aromatic rings. The zero-order chi connectivity index (χ0) is 36.2. The van der Waals surface area contributed by atoms with E-state index in [1.807, 2.05) is 85.8 Å². The SMILES string of the molecule is COc1ccc2ccccc2c1-c1nc2ccc(Cl)cc2nc1N.Cc1ccc2ccccc2c1B(O)O.Nc1nc2cc(Cl)ccc2nc1Cl. The highest BCUT2D eigenvalue weighted by Gasteiger charge is 2.18. The zero-order valence-corrected chi connectivity index (χ0v) is 29.6. The van der Waals surface area contributed by atoms with Crippen LogP contribution >= 0.6 is 34.8 Å². The van der Waals surface area contributed by atoms with Crippen molar-refractivity contribution in [3.05, 3.63) is 130 Å². The number of nitrogens with zero attached hydrogens (tertiary/aromatic N) is 4. The number of aromatic nitrogens is 4. The van der Waals surface area contributed by atoms with Crippen LogP contribution in [-0.4, -0.2) is 44.2 Å². The van der Waals surface area contributed by atoms with Gasteiger partial charge in [-0.2, -0.15) is 0 Å². The van der Waals surface area contributed by atoms with Gasteiger partial charge < -0.3 is 26.3 Å². The van der Waals surface area contributed by atoms with Crippen molar-refractivity contribution in [1.29, 1.82) is 0 Å². The summed E-state index contributed by atoms with van der Waals surface area (Å²) in [5, 5.41) is 24.0. The second-order valence-corrected chi connectivity index (χ2v) is 12.6. The van der Waals surface area contributed by atoms with Gasteiger partial charge in [-0.15, -0.1) is 0 Å². The predicted octanol–water partition coefficient (Wildman–Crippen LogP) is 8.04. The first-order valence-electron chi connectivity index (χ1n) is 15.6. The van der Waals surface area contributed by atoms with E-state index in [9.17, 15) is 10.0 Å². The van der Waals surface area contributed by atoms with Crippen molar-refractivity contribution in [2.75, 3.05) is 18.6 Å². The number of fused-ring (bicyclic) bond motifs is 4. The molecule has 0 aliphatic rings. The van der Waals surface area contributed by atoms with Gasteiger partial charge in [0, 0.05) is 10.0 Å². The predicted molar refractivity (Wildman–Crippen MR) is 211 cm³/mol. The summed E-state index contributed by atoms with van der Waals surface area (Å²) in [6, 6.07) is 34.1. The fraction of sp³-hybridized carbons (Fsp3) is 0.0526. The van der Waals surface area contributed by atoms with Gasteiger partial charge in [-0.3, -0.25) is 0 Å². The summed E-state index contributed by atoms with van der Waals surface area (Å²) >= 11 is 17.5. The third kappa shape index (κ3) is 7.76. The Kier molecular flexibility index (Phi) is 10.7. The molecule has 0 aliphatic carbocycles. The number of halogens is 3. The molecule has 254 valence electrons. The van der Waals surface area contributed by atoms with E-state index in [1.165, 1.54) is 0 Å². The summed E-state index contributed by atoms with van der Waals surface area (Å²) < 4.78 is 5.55. The first-order valence-corrected chi connectivity index (χ1v) is 16.7. The number of methoxy groups -OCH3 is 1. The fourth-order valence-electron chi connectivity index (χ4n) is 5.66. The number of hydrogen-bond acceptors (Lipinski definition) is 9. The average molecular weight is 736 g/mol. The van der Waals surface area contributed by atoms with Gasteiger partial charge in [-0.1, -0.05) is 107 Å². The summed E-state index contributed by atoms with van der Waals surface area (Å²) in [6.45, 7) is 1.88. The van der Waals surface area contributed by atoms with Crippen LogP contribution in [0.5, 0.6) is 5.75 Å². The molecule has 0 spiro atoms. The standard InChI is InChI=1S/C19H14ClN3O.C11H11BO2.C8H5Cl2N3/c1-24-16-9-6-11-4-2-3-5-13(11)17(16)18-19(21)23-15-10-12(20)7-8-14(15)22-18;1-8-6-7-9-4-2-3-5-10(9)11(8)12(13)14;9-4-1-2-5-6(3-4)13-8(11)7(10)12-5/h2-10H,1H3,(H2,21,23);2-7,13-14H,1H3;1-3H,(H2,11,13). The second kappa shape index (κ2) is 15.3. The van der Waals surface area contributed by atoms with Crippen molar-refractivity contribution < 1.29 is 14.8 Å². The maximum absolute atomic E-state index is 9.26. The minimum absolute atomic E-state index is 0.217. The first-order chi connectivity index (χ1) is 24.5. The molecule has 2 heterocycles. The summed E-state index contributed by atoms with van der Waals surface area (Å²) in [6.07, 6.45) is 0. The molecule has 0 saturated heterocycles. The van der Waals surface area contributed by atoms with Crippen LogP contribution in [0.3, 0.4) is 0 Å². The summed E-state index contributed by atoms with van der Waals surface area (Å²) in [7, 11) is 0.235. The van der Waals surface area contributed by atoms with E-state index in [4.69, 9.17) is 56.0 Å². The maximum Gasteiger partial charge on any atom is 0.489 e. The van der Waals surface area contributed by atoms with Gasteiger partial charge in [0.15, 0.2) is 16.8 Å². The minimum atomic E-state index is -1.40. The van der Waals surface area contributed by atoms with Gasteiger partial charge in [0.1, 0.15) is 11.4 Å². The van der Waals surface area contributed by atoms with Gasteiger partial charge in [0.25, 0.3) is 0 Å². The van der Waals surface area contributed by atoms with Crippen LogP contribution in [0.4, 0.5) is 11.6 Å². The summed E-state index contributed by atoms with van der Waals surface area (Å²) in [4.78, 5) is 17.3. The Balaban J connectivity index is 0.000000142. The molecular formula is C38H30BCl3N6O3. The van der Waals surface area contributed by atoms with E-state index in [0.29, 0.717) is 49.3 Å². The number of hydrogen-bond donors (Lipinski definition) is 4. The third-order valence-corrected chi connectivity index (χ3v) is 8.80. The summed E-state index contributed by atoms with van der Waals surface area (Å²) in [5.41, 5.74) is 17.4. The van der Waals surface area contributed by atoms with E-state index in [0.717, 1.165) is 38.2 Å². The van der Waals surface area contributed by atoms with Crippen molar-refractivity contribution in [2.24, 2.45) is 0 Å². The van der Waals surface area contributed by atoms with Gasteiger partial charge >= 0.3 is 7.12 Å². The number of nitrogens with two attached hydrogens (primary N) is 2. The Morgan fingerprint density at radius 1 is 0.608 bits per heavy atom. The maximum atomic E-state index is 9.26. The van der Waals surface area contributed by atoms with Crippen LogP contribution in [0.15, 0.2) is 109 Å². The van der Waals surface area contributed by atoms with Crippen LogP contribution in [0.2, 0.25) is 15.2 Å². The molecule has 0 saturated carbocycles. The van der Waals surface area contributed by atoms with Crippen molar-refractivity contribution in [1.82, 2.24) is 19.9 Å². The molecule has 6 N–H and O–H groups in total. The van der Waals surface area contributed by atoms with Crippen molar-refractivity contribution in [2.45, 2.75) is 6.92 Å². The quantitative estimate of drug-likeness (QED) is 0.132. The van der Waals surface area contributed by atoms with Crippen LogP contribution in [-0.2, 0) is 0 Å². The molecule has 51 heavy (non-hydrogen) atoms. The highest BCUT2D eigenvalue weighted by atomic mass is 35.5. The number of nitrogen functional groups attached to an aromatic ring is 2. The molecule has 0 atom stereocenters. The van der Waals surface area contributed by atoms with Crippen LogP contribution in [0.25, 0.3) is 54.9 Å². The molecule has 0 fully saturated rings. The molecule has 13 heteroatoms. The van der Waals surface area contributed by atoms with Gasteiger partial charge in [-0.25, -0.2) is 19.9 Å². The zero-order valence-electron chi connectivity index (χ0n) is 27.3. The average Bonchev–Trinajstić information content (AvgIpc) is 3.12. The molecule has 6 aromatic carbocycles. The van der Waals surface area contributed by atoms with Crippen LogP contribution in [0, 0.1) is 6.92 Å². The molecule has 0 radical (unpaired) electrons. The largest absolute Gasteiger partial charge is 0.496 e. The lowest BCUT2D eigenvalue weighted by Gasteiger charge is -2.13. The highest BCUT2D eigenvalue weighted by Crippen LogP contribution is 2.39. The molecule has 9 nitrogen and oxygen atoms in total. The van der Waals surface area contributed by atoms with Crippen molar-refractivity contribution in [3.63, 3.8) is 0 Å².